The van der Waals surface area contributed by atoms with Crippen LogP contribution < -0.4 is 10.1 Å². The number of aromatic nitrogens is 1. The fraction of sp³-hybridized carbons (Fsp3) is 0.222. The topological polar surface area (TPSA) is 51.2 Å². The molecule has 0 aliphatic rings. The number of ether oxygens (including phenoxy) is 1. The average Bonchev–Trinajstić information content (AvgIpc) is 3.23. The molecule has 0 bridgehead atoms. The van der Waals surface area contributed by atoms with E-state index in [-0.39, 0.29) is 5.91 Å². The number of benzene rings is 1. The molecule has 124 valence electrons. The number of hydrogen-bond acceptors (Lipinski definition) is 5. The van der Waals surface area contributed by atoms with E-state index < -0.39 is 0 Å². The van der Waals surface area contributed by atoms with Crippen LogP contribution in [0.2, 0.25) is 0 Å². The quantitative estimate of drug-likeness (QED) is 0.723. The number of thiazole rings is 1. The second-order valence-corrected chi connectivity index (χ2v) is 7.52. The molecule has 1 amide bonds. The molecule has 1 N–H and O–H groups in total. The van der Waals surface area contributed by atoms with Crippen molar-refractivity contribution in [3.05, 3.63) is 57.2 Å². The Hall–Kier alpha value is -2.18. The summed E-state index contributed by atoms with van der Waals surface area (Å²) in [4.78, 5) is 19.0. The van der Waals surface area contributed by atoms with Gasteiger partial charge in [0.25, 0.3) is 0 Å². The molecule has 3 aromatic rings. The van der Waals surface area contributed by atoms with Crippen LogP contribution in [0.5, 0.6) is 5.75 Å². The van der Waals surface area contributed by atoms with E-state index >= 15 is 0 Å². The summed E-state index contributed by atoms with van der Waals surface area (Å²) in [6, 6.07) is 11.7. The molecule has 0 aliphatic carbocycles. The Morgan fingerprint density at radius 2 is 2.04 bits per heavy atom. The van der Waals surface area contributed by atoms with E-state index in [4.69, 9.17) is 4.74 Å². The van der Waals surface area contributed by atoms with Crippen molar-refractivity contribution in [3.8, 4) is 16.3 Å². The average molecular weight is 358 g/mol. The Bertz CT molecular complexity index is 808. The van der Waals surface area contributed by atoms with Crippen LogP contribution in [0.3, 0.4) is 0 Å². The van der Waals surface area contributed by atoms with Crippen molar-refractivity contribution in [1.82, 2.24) is 10.3 Å². The Kier molecular flexibility index (Phi) is 5.27. The number of nitrogens with zero attached hydrogens (tertiary/aromatic N) is 1. The van der Waals surface area contributed by atoms with Crippen molar-refractivity contribution in [2.75, 3.05) is 7.11 Å². The van der Waals surface area contributed by atoms with Gasteiger partial charge in [-0.05, 0) is 36.1 Å². The molecule has 4 nitrogen and oxygen atoms in total. The number of hydrogen-bond donors (Lipinski definition) is 1. The van der Waals surface area contributed by atoms with Crippen LogP contribution in [-0.2, 0) is 17.8 Å². The number of methoxy groups -OCH3 is 1. The summed E-state index contributed by atoms with van der Waals surface area (Å²) < 4.78 is 5.13. The molecule has 24 heavy (non-hydrogen) atoms. The fourth-order valence-corrected chi connectivity index (χ4v) is 4.10. The summed E-state index contributed by atoms with van der Waals surface area (Å²) in [5.41, 5.74) is 1.98. The van der Waals surface area contributed by atoms with Gasteiger partial charge in [0.15, 0.2) is 0 Å². The van der Waals surface area contributed by atoms with Crippen molar-refractivity contribution >= 4 is 28.6 Å². The van der Waals surface area contributed by atoms with Crippen LogP contribution in [0.4, 0.5) is 0 Å². The molecule has 6 heteroatoms. The molecule has 0 spiro atoms. The Labute approximate surface area is 149 Å². The Balaban J connectivity index is 1.63. The summed E-state index contributed by atoms with van der Waals surface area (Å²) in [7, 11) is 1.64. The highest BCUT2D eigenvalue weighted by atomic mass is 32.1. The summed E-state index contributed by atoms with van der Waals surface area (Å²) in [6.45, 7) is 2.48. The predicted molar refractivity (Wildman–Crippen MR) is 98.7 cm³/mol. The molecule has 0 saturated heterocycles. The highest BCUT2D eigenvalue weighted by molar-refractivity contribution is 7.15. The number of nitrogens with one attached hydrogen (secondary N) is 1. The maximum atomic E-state index is 12.3. The van der Waals surface area contributed by atoms with E-state index in [0.29, 0.717) is 13.0 Å². The van der Waals surface area contributed by atoms with Gasteiger partial charge < -0.3 is 10.1 Å². The van der Waals surface area contributed by atoms with Gasteiger partial charge in [0, 0.05) is 11.4 Å². The smallest absolute Gasteiger partial charge is 0.225 e. The van der Waals surface area contributed by atoms with Crippen LogP contribution in [0.1, 0.15) is 15.4 Å². The third kappa shape index (κ3) is 4.01. The molecular formula is C18H18N2O2S2. The molecular weight excluding hydrogens is 340 g/mol. The van der Waals surface area contributed by atoms with Gasteiger partial charge in [-0.25, -0.2) is 4.98 Å². The second-order valence-electron chi connectivity index (χ2n) is 5.28. The number of aryl methyl sites for hydroxylation is 1. The third-order valence-corrected chi connectivity index (χ3v) is 5.38. The maximum Gasteiger partial charge on any atom is 0.225 e. The molecule has 0 unspecified atom stereocenters. The first kappa shape index (κ1) is 16.7. The summed E-state index contributed by atoms with van der Waals surface area (Å²) in [5, 5.41) is 5.98. The lowest BCUT2D eigenvalue weighted by atomic mass is 10.2. The zero-order valence-corrected chi connectivity index (χ0v) is 15.2. The minimum absolute atomic E-state index is 0.00674. The fourth-order valence-electron chi connectivity index (χ4n) is 2.35. The first-order valence-corrected chi connectivity index (χ1v) is 9.25. The van der Waals surface area contributed by atoms with Gasteiger partial charge in [-0.2, -0.15) is 0 Å². The molecule has 0 atom stereocenters. The SMILES string of the molecule is COc1ccc(CNC(=O)Cc2sc(C)nc2-c2cccs2)cc1. The Morgan fingerprint density at radius 1 is 1.25 bits per heavy atom. The molecule has 2 heterocycles. The highest BCUT2D eigenvalue weighted by Crippen LogP contribution is 2.31. The van der Waals surface area contributed by atoms with Gasteiger partial charge in [0.05, 0.1) is 29.1 Å². The molecule has 3 rings (SSSR count). The number of amides is 1. The van der Waals surface area contributed by atoms with Gasteiger partial charge >= 0.3 is 0 Å². The van der Waals surface area contributed by atoms with Crippen LogP contribution >= 0.6 is 22.7 Å². The van der Waals surface area contributed by atoms with Crippen molar-refractivity contribution in [2.45, 2.75) is 19.9 Å². The van der Waals surface area contributed by atoms with Crippen LogP contribution in [0.15, 0.2) is 41.8 Å². The molecule has 0 saturated carbocycles. The highest BCUT2D eigenvalue weighted by Gasteiger charge is 2.15. The predicted octanol–water partition coefficient (Wildman–Crippen LogP) is 4.05. The first-order valence-electron chi connectivity index (χ1n) is 7.55. The van der Waals surface area contributed by atoms with E-state index in [1.54, 1.807) is 29.8 Å². The summed E-state index contributed by atoms with van der Waals surface area (Å²) in [5.74, 6) is 0.818. The van der Waals surface area contributed by atoms with Gasteiger partial charge in [0.1, 0.15) is 5.75 Å². The number of carbonyl (C=O) groups is 1. The van der Waals surface area contributed by atoms with Crippen LogP contribution in [-0.4, -0.2) is 18.0 Å². The van der Waals surface area contributed by atoms with Crippen molar-refractivity contribution in [1.29, 1.82) is 0 Å². The Morgan fingerprint density at radius 3 is 2.71 bits per heavy atom. The minimum atomic E-state index is 0.00674. The number of carbonyl (C=O) groups excluding carboxylic acids is 1. The van der Waals surface area contributed by atoms with E-state index in [1.807, 2.05) is 48.7 Å². The number of thiophene rings is 1. The second kappa shape index (κ2) is 7.59. The van der Waals surface area contributed by atoms with Gasteiger partial charge in [-0.15, -0.1) is 22.7 Å². The van der Waals surface area contributed by atoms with E-state index in [1.165, 1.54) is 0 Å². The van der Waals surface area contributed by atoms with Gasteiger partial charge in [-0.3, -0.25) is 4.79 Å². The lowest BCUT2D eigenvalue weighted by Crippen LogP contribution is -2.24. The zero-order valence-electron chi connectivity index (χ0n) is 13.5. The zero-order chi connectivity index (χ0) is 16.9. The lowest BCUT2D eigenvalue weighted by Gasteiger charge is -2.06. The van der Waals surface area contributed by atoms with Crippen molar-refractivity contribution in [2.24, 2.45) is 0 Å². The molecule has 2 aromatic heterocycles. The standard InChI is InChI=1S/C18H18N2O2S2/c1-12-20-18(15-4-3-9-23-15)16(24-12)10-17(21)19-11-13-5-7-14(22-2)8-6-13/h3-9H,10-11H2,1-2H3,(H,19,21). The third-order valence-electron chi connectivity index (χ3n) is 3.53. The van der Waals surface area contributed by atoms with Crippen LogP contribution in [0.25, 0.3) is 10.6 Å². The van der Waals surface area contributed by atoms with Crippen molar-refractivity contribution in [3.63, 3.8) is 0 Å². The summed E-state index contributed by atoms with van der Waals surface area (Å²) >= 11 is 3.23. The monoisotopic (exact) mass is 358 g/mol. The molecule has 0 radical (unpaired) electrons. The van der Waals surface area contributed by atoms with E-state index in [0.717, 1.165) is 31.8 Å². The summed E-state index contributed by atoms with van der Waals surface area (Å²) in [6.07, 6.45) is 0.356. The van der Waals surface area contributed by atoms with Crippen molar-refractivity contribution < 1.29 is 9.53 Å². The van der Waals surface area contributed by atoms with E-state index in [9.17, 15) is 4.79 Å². The lowest BCUT2D eigenvalue weighted by molar-refractivity contribution is -0.120. The number of rotatable bonds is 6. The largest absolute Gasteiger partial charge is 0.497 e. The van der Waals surface area contributed by atoms with Gasteiger partial charge in [-0.1, -0.05) is 18.2 Å². The first-order chi connectivity index (χ1) is 11.7. The van der Waals surface area contributed by atoms with Gasteiger partial charge in [0.2, 0.25) is 5.91 Å². The van der Waals surface area contributed by atoms with Crippen LogP contribution in [0, 0.1) is 6.92 Å². The maximum absolute atomic E-state index is 12.3. The minimum Gasteiger partial charge on any atom is -0.497 e. The molecule has 0 aliphatic heterocycles. The van der Waals surface area contributed by atoms with E-state index in [2.05, 4.69) is 10.3 Å². The molecule has 1 aromatic carbocycles. The normalized spacial score (nSPS) is 10.6. The molecule has 0 fully saturated rings.